The highest BCUT2D eigenvalue weighted by Crippen LogP contribution is 2.58. The van der Waals surface area contributed by atoms with Gasteiger partial charge in [0.25, 0.3) is 0 Å². The molecule has 0 amide bonds. The summed E-state index contributed by atoms with van der Waals surface area (Å²) >= 11 is 7.06. The van der Waals surface area contributed by atoms with Crippen LogP contribution in [0.4, 0.5) is 0 Å². The highest BCUT2D eigenvalue weighted by Gasteiger charge is 2.31. The summed E-state index contributed by atoms with van der Waals surface area (Å²) in [5.74, 6) is 0. The summed E-state index contributed by atoms with van der Waals surface area (Å²) < 4.78 is 0. The second-order valence-corrected chi connectivity index (χ2v) is 17.1. The average molecular weight is 755 g/mol. The summed E-state index contributed by atoms with van der Waals surface area (Å²) in [5, 5.41) is 6.75. The molecule has 0 spiro atoms. The van der Waals surface area contributed by atoms with Crippen LogP contribution in [-0.4, -0.2) is 21.3 Å². The van der Waals surface area contributed by atoms with E-state index < -0.39 is 0 Å². The van der Waals surface area contributed by atoms with Crippen LogP contribution in [0.2, 0.25) is 0 Å². The molecule has 0 aliphatic heterocycles. The minimum atomic E-state index is 0.0825. The van der Waals surface area contributed by atoms with Gasteiger partial charge in [-0.1, -0.05) is 145 Å². The molecule has 0 atom stereocenters. The van der Waals surface area contributed by atoms with Gasteiger partial charge >= 0.3 is 0 Å². The molecule has 6 aromatic rings. The average Bonchev–Trinajstić information content (AvgIpc) is 3.12. The van der Waals surface area contributed by atoms with Crippen molar-refractivity contribution in [3.63, 3.8) is 0 Å². The Morgan fingerprint density at radius 3 is 1.65 bits per heavy atom. The number of nitrogens with zero attached hydrogens (tertiary/aromatic N) is 2. The van der Waals surface area contributed by atoms with Crippen LogP contribution in [0, 0.1) is 0 Å². The number of hydrogen-bond acceptors (Lipinski definition) is 2. The van der Waals surface area contributed by atoms with Crippen molar-refractivity contribution in [1.82, 2.24) is 9.97 Å². The lowest BCUT2D eigenvalue weighted by Gasteiger charge is -2.39. The first-order valence-corrected chi connectivity index (χ1v) is 21.1. The van der Waals surface area contributed by atoms with E-state index in [0.29, 0.717) is 0 Å². The van der Waals surface area contributed by atoms with Gasteiger partial charge in [0, 0.05) is 32.2 Å². The van der Waals surface area contributed by atoms with E-state index in [1.54, 1.807) is 5.56 Å². The molecular weight excluding hydrogens is 711 g/mol. The first-order valence-electron chi connectivity index (χ1n) is 17.2. The lowest BCUT2D eigenvalue weighted by atomic mass is 9.99. The van der Waals surface area contributed by atoms with Crippen LogP contribution in [0.1, 0.15) is 80.9 Å². The molecule has 2 aliphatic rings. The van der Waals surface area contributed by atoms with Gasteiger partial charge in [-0.15, -0.1) is 0 Å². The Balaban J connectivity index is 0.000000162. The number of rotatable bonds is 6. The Hall–Kier alpha value is -2.39. The zero-order valence-corrected chi connectivity index (χ0v) is 30.7. The minimum Gasteiger partial charge on any atom is -0.248 e. The number of hydrogen-bond donors (Lipinski definition) is 0. The zero-order valence-electron chi connectivity index (χ0n) is 26.6. The van der Waals surface area contributed by atoms with Gasteiger partial charge in [-0.05, 0) is 84.1 Å². The molecule has 2 heterocycles. The highest BCUT2D eigenvalue weighted by atomic mass is 79.9. The molecule has 2 fully saturated rings. The predicted molar refractivity (Wildman–Crippen MR) is 208 cm³/mol. The Morgan fingerprint density at radius 1 is 0.522 bits per heavy atom. The van der Waals surface area contributed by atoms with E-state index in [2.05, 4.69) is 123 Å². The highest BCUT2D eigenvalue weighted by molar-refractivity contribution is 9.08. The largest absolute Gasteiger partial charge is 0.248 e. The van der Waals surface area contributed by atoms with Gasteiger partial charge < -0.3 is 0 Å². The molecule has 2 saturated carbocycles. The van der Waals surface area contributed by atoms with E-state index in [4.69, 9.17) is 9.97 Å². The normalized spacial score (nSPS) is 16.3. The smallest absolute Gasteiger partial charge is 0.0750 e. The molecule has 0 saturated heterocycles. The molecule has 2 nitrogen and oxygen atoms in total. The Kier molecular flexibility index (Phi) is 10.6. The summed E-state index contributed by atoms with van der Waals surface area (Å²) in [6.07, 6.45) is 16.1. The number of aromatic nitrogens is 2. The van der Waals surface area contributed by atoms with Gasteiger partial charge in [-0.2, -0.15) is 0 Å². The fourth-order valence-electron chi connectivity index (χ4n) is 7.80. The van der Waals surface area contributed by atoms with E-state index in [1.165, 1.54) is 109 Å². The van der Waals surface area contributed by atoms with Crippen molar-refractivity contribution in [3.05, 3.63) is 108 Å². The van der Waals surface area contributed by atoms with E-state index in [1.807, 2.05) is 0 Å². The van der Waals surface area contributed by atoms with Gasteiger partial charge in [0.15, 0.2) is 0 Å². The SMILES string of the molecule is BrCc1cccc2cc3cccc(CBr)c3nc12.c1ccc2nc3cccc(CP(C4CCCCC4)C4CCCCC4)c3cc2c1. The number of alkyl halides is 2. The first kappa shape index (κ1) is 32.2. The zero-order chi connectivity index (χ0) is 31.3. The molecule has 0 bridgehead atoms. The van der Waals surface area contributed by atoms with Crippen molar-refractivity contribution < 1.29 is 0 Å². The third kappa shape index (κ3) is 7.06. The number of fused-ring (bicyclic) bond motifs is 4. The van der Waals surface area contributed by atoms with Crippen molar-refractivity contribution in [1.29, 1.82) is 0 Å². The predicted octanol–water partition coefficient (Wildman–Crippen LogP) is 13.2. The molecular formula is C41H43Br2N2P. The van der Waals surface area contributed by atoms with Gasteiger partial charge in [0.1, 0.15) is 0 Å². The summed E-state index contributed by atoms with van der Waals surface area (Å²) in [7, 11) is 0.0825. The van der Waals surface area contributed by atoms with Crippen LogP contribution in [0.25, 0.3) is 43.6 Å². The van der Waals surface area contributed by atoms with Crippen molar-refractivity contribution in [2.24, 2.45) is 0 Å². The molecule has 46 heavy (non-hydrogen) atoms. The summed E-state index contributed by atoms with van der Waals surface area (Å²) in [5.41, 5.74) is 10.5. The number of pyridine rings is 2. The topological polar surface area (TPSA) is 25.8 Å². The monoisotopic (exact) mass is 752 g/mol. The number of halogens is 2. The van der Waals surface area contributed by atoms with Crippen molar-refractivity contribution in [2.45, 2.75) is 92.3 Å². The Labute approximate surface area is 291 Å². The van der Waals surface area contributed by atoms with Crippen LogP contribution in [0.5, 0.6) is 0 Å². The lowest BCUT2D eigenvalue weighted by Crippen LogP contribution is -2.21. The standard InChI is InChI=1S/C26H32NP.C15H11Br2N/c1-3-12-22(13-4-1)28(23-14-5-2-6-15-23)19-21-11-9-17-26-24(21)18-20-10-7-8-16-25(20)27-26;16-8-12-5-1-3-10-7-11-4-2-6-13(9-17)15(11)18-14(10)12/h7-11,16-18,22-23H,1-6,12-15,19H2;1-7H,8-9H2. The minimum absolute atomic E-state index is 0.0825. The maximum atomic E-state index is 4.98. The van der Waals surface area contributed by atoms with Crippen molar-refractivity contribution in [3.8, 4) is 0 Å². The maximum Gasteiger partial charge on any atom is 0.0750 e. The molecule has 2 aromatic heterocycles. The molecule has 2 aliphatic carbocycles. The van der Waals surface area contributed by atoms with Crippen LogP contribution < -0.4 is 0 Å². The van der Waals surface area contributed by atoms with E-state index in [9.17, 15) is 0 Å². The van der Waals surface area contributed by atoms with Crippen LogP contribution >= 0.6 is 39.8 Å². The van der Waals surface area contributed by atoms with Gasteiger partial charge in [0.2, 0.25) is 0 Å². The fourth-order valence-corrected chi connectivity index (χ4v) is 12.5. The number of para-hydroxylation sites is 3. The third-order valence-electron chi connectivity index (χ3n) is 10.2. The molecule has 0 radical (unpaired) electrons. The fraction of sp³-hybridized carbons (Fsp3) is 0.366. The molecule has 236 valence electrons. The first-order chi connectivity index (χ1) is 22.7. The third-order valence-corrected chi connectivity index (χ3v) is 15.0. The summed E-state index contributed by atoms with van der Waals surface area (Å²) in [6.45, 7) is 0. The molecule has 4 aromatic carbocycles. The number of benzene rings is 4. The van der Waals surface area contributed by atoms with Crippen LogP contribution in [0.15, 0.2) is 91.0 Å². The molecule has 0 N–H and O–H groups in total. The molecule has 5 heteroatoms. The van der Waals surface area contributed by atoms with Crippen molar-refractivity contribution >= 4 is 83.4 Å². The molecule has 8 rings (SSSR count). The van der Waals surface area contributed by atoms with Gasteiger partial charge in [-0.25, -0.2) is 9.97 Å². The Bertz CT molecular complexity index is 1870. The van der Waals surface area contributed by atoms with E-state index in [-0.39, 0.29) is 7.92 Å². The summed E-state index contributed by atoms with van der Waals surface area (Å²) in [4.78, 5) is 9.84. The maximum absolute atomic E-state index is 4.98. The lowest BCUT2D eigenvalue weighted by molar-refractivity contribution is 0.484. The van der Waals surface area contributed by atoms with Gasteiger partial charge in [0.05, 0.1) is 22.1 Å². The second-order valence-electron chi connectivity index (χ2n) is 13.2. The van der Waals surface area contributed by atoms with E-state index >= 15 is 0 Å². The Morgan fingerprint density at radius 2 is 1.04 bits per heavy atom. The van der Waals surface area contributed by atoms with Crippen LogP contribution in [0.3, 0.4) is 0 Å². The second kappa shape index (κ2) is 15.2. The quantitative estimate of drug-likeness (QED) is 0.0961. The van der Waals surface area contributed by atoms with E-state index in [0.717, 1.165) is 38.5 Å². The summed E-state index contributed by atoms with van der Waals surface area (Å²) in [6, 6.07) is 32.7. The molecule has 0 unspecified atom stereocenters. The van der Waals surface area contributed by atoms with Gasteiger partial charge in [-0.3, -0.25) is 0 Å². The van der Waals surface area contributed by atoms with Crippen molar-refractivity contribution in [2.75, 3.05) is 0 Å². The van der Waals surface area contributed by atoms with Crippen LogP contribution in [-0.2, 0) is 16.8 Å².